The molecule has 9 unspecified atom stereocenters. The van der Waals surface area contributed by atoms with E-state index in [1.807, 2.05) is 0 Å². The van der Waals surface area contributed by atoms with Crippen LogP contribution in [0.4, 0.5) is 0 Å². The highest BCUT2D eigenvalue weighted by Gasteiger charge is 2.76. The molecule has 1 heterocycles. The second kappa shape index (κ2) is 12.4. The van der Waals surface area contributed by atoms with Crippen LogP contribution in [0.3, 0.4) is 0 Å². The quantitative estimate of drug-likeness (QED) is 0.162. The van der Waals surface area contributed by atoms with Crippen LogP contribution in [0.5, 0.6) is 0 Å². The lowest BCUT2D eigenvalue weighted by Gasteiger charge is -2.64. The highest BCUT2D eigenvalue weighted by Crippen LogP contribution is 2.72. The molecule has 14 nitrogen and oxygen atoms in total. The van der Waals surface area contributed by atoms with Crippen molar-refractivity contribution in [2.75, 3.05) is 7.11 Å². The molecule has 51 heavy (non-hydrogen) atoms. The maximum atomic E-state index is 15.3. The van der Waals surface area contributed by atoms with Gasteiger partial charge in [0, 0.05) is 60.7 Å². The van der Waals surface area contributed by atoms with Crippen molar-refractivity contribution in [3.63, 3.8) is 0 Å². The minimum Gasteiger partial charge on any atom is -0.468 e. The van der Waals surface area contributed by atoms with Gasteiger partial charge >= 0.3 is 35.8 Å². The van der Waals surface area contributed by atoms with Crippen molar-refractivity contribution in [3.8, 4) is 0 Å². The van der Waals surface area contributed by atoms with E-state index < -0.39 is 111 Å². The van der Waals surface area contributed by atoms with E-state index in [0.29, 0.717) is 5.57 Å². The summed E-state index contributed by atoms with van der Waals surface area (Å²) in [4.78, 5) is 107. The van der Waals surface area contributed by atoms with Gasteiger partial charge in [-0.05, 0) is 31.9 Å². The van der Waals surface area contributed by atoms with Crippen molar-refractivity contribution >= 4 is 47.4 Å². The van der Waals surface area contributed by atoms with Gasteiger partial charge < -0.3 is 28.4 Å². The highest BCUT2D eigenvalue weighted by molar-refractivity contribution is 6.16. The Balaban J connectivity index is 1.88. The van der Waals surface area contributed by atoms with E-state index in [-0.39, 0.29) is 17.6 Å². The molecule has 14 heteroatoms. The lowest BCUT2D eigenvalue weighted by molar-refractivity contribution is -0.211. The van der Waals surface area contributed by atoms with E-state index in [9.17, 15) is 33.6 Å². The van der Waals surface area contributed by atoms with Crippen LogP contribution in [0.1, 0.15) is 68.7 Å². The van der Waals surface area contributed by atoms with Crippen LogP contribution in [-0.2, 0) is 66.8 Å². The third-order valence-electron chi connectivity index (χ3n) is 11.2. The Bertz CT molecular complexity index is 1790. The van der Waals surface area contributed by atoms with E-state index in [4.69, 9.17) is 28.4 Å². The van der Waals surface area contributed by atoms with Crippen molar-refractivity contribution in [2.24, 2.45) is 39.4 Å². The summed E-state index contributed by atoms with van der Waals surface area (Å²) in [5.74, 6) is -9.74. The fraction of sp³-hybridized carbons (Fsp3) is 0.568. The van der Waals surface area contributed by atoms with Crippen molar-refractivity contribution in [3.05, 3.63) is 46.8 Å². The number of ether oxygens (including phenoxy) is 6. The molecule has 9 atom stereocenters. The summed E-state index contributed by atoms with van der Waals surface area (Å²) in [5, 5.41) is 0. The van der Waals surface area contributed by atoms with Crippen LogP contribution in [0.2, 0.25) is 0 Å². The Labute approximate surface area is 294 Å². The number of fused-ring (bicyclic) bond motifs is 5. The monoisotopic (exact) mass is 710 g/mol. The molecule has 0 N–H and O–H groups in total. The first kappa shape index (κ1) is 37.4. The van der Waals surface area contributed by atoms with Crippen LogP contribution in [0, 0.1) is 39.4 Å². The van der Waals surface area contributed by atoms with Crippen molar-refractivity contribution < 1.29 is 66.8 Å². The summed E-state index contributed by atoms with van der Waals surface area (Å²) in [5.41, 5.74) is -6.67. The van der Waals surface area contributed by atoms with E-state index in [1.54, 1.807) is 40.7 Å². The number of carbonyl (C=O) groups is 8. The number of hydrogen-bond acceptors (Lipinski definition) is 14. The van der Waals surface area contributed by atoms with Gasteiger partial charge in [0.15, 0.2) is 17.0 Å². The van der Waals surface area contributed by atoms with Gasteiger partial charge in [-0.15, -0.1) is 0 Å². The summed E-state index contributed by atoms with van der Waals surface area (Å²) in [6, 6.07) is 0. The number of cyclic esters (lactones) is 1. The zero-order chi connectivity index (χ0) is 38.2. The van der Waals surface area contributed by atoms with Crippen molar-refractivity contribution in [2.45, 2.75) is 87.2 Å². The van der Waals surface area contributed by atoms with Crippen LogP contribution in [0.15, 0.2) is 46.8 Å². The molecule has 0 radical (unpaired) electrons. The number of methoxy groups -OCH3 is 1. The lowest BCUT2D eigenvalue weighted by Crippen LogP contribution is -2.70. The average Bonchev–Trinajstić information content (AvgIpc) is 3.57. The van der Waals surface area contributed by atoms with Gasteiger partial charge in [-0.25, -0.2) is 4.79 Å². The Morgan fingerprint density at radius 3 is 2.08 bits per heavy atom. The molecule has 0 spiro atoms. The Morgan fingerprint density at radius 1 is 0.902 bits per heavy atom. The molecular formula is C37H42O14. The summed E-state index contributed by atoms with van der Waals surface area (Å²) in [6.07, 6.45) is 1.67. The number of hydrogen-bond donors (Lipinski definition) is 0. The first-order valence-electron chi connectivity index (χ1n) is 16.6. The predicted molar refractivity (Wildman–Crippen MR) is 172 cm³/mol. The minimum atomic E-state index is -2.16. The molecule has 5 rings (SSSR count). The van der Waals surface area contributed by atoms with E-state index in [0.717, 1.165) is 27.9 Å². The van der Waals surface area contributed by atoms with Gasteiger partial charge in [0.1, 0.15) is 12.2 Å². The highest BCUT2D eigenvalue weighted by atomic mass is 16.7. The van der Waals surface area contributed by atoms with Gasteiger partial charge in [-0.1, -0.05) is 39.8 Å². The molecular weight excluding hydrogens is 668 g/mol. The van der Waals surface area contributed by atoms with Gasteiger partial charge in [0.05, 0.1) is 18.4 Å². The zero-order valence-corrected chi connectivity index (χ0v) is 30.2. The second-order valence-electron chi connectivity index (χ2n) is 14.7. The maximum absolute atomic E-state index is 15.3. The number of allylic oxidation sites excluding steroid dienone is 4. The van der Waals surface area contributed by atoms with Crippen LogP contribution in [-0.4, -0.2) is 73.0 Å². The third-order valence-corrected chi connectivity index (χ3v) is 11.2. The molecule has 0 aromatic carbocycles. The van der Waals surface area contributed by atoms with Crippen LogP contribution in [0.25, 0.3) is 0 Å². The molecule has 1 aliphatic heterocycles. The number of carbonyl (C=O) groups excluding carboxylic acids is 8. The molecule has 0 saturated heterocycles. The zero-order valence-electron chi connectivity index (χ0n) is 30.2. The molecule has 0 amide bonds. The minimum absolute atomic E-state index is 0.0801. The van der Waals surface area contributed by atoms with E-state index in [2.05, 4.69) is 0 Å². The lowest BCUT2D eigenvalue weighted by atomic mass is 9.40. The van der Waals surface area contributed by atoms with Gasteiger partial charge in [0.25, 0.3) is 6.29 Å². The summed E-state index contributed by atoms with van der Waals surface area (Å²) in [7, 11) is 1.07. The molecule has 1 saturated carbocycles. The predicted octanol–water partition coefficient (Wildman–Crippen LogP) is 3.17. The smallest absolute Gasteiger partial charge is 0.337 e. The summed E-state index contributed by atoms with van der Waals surface area (Å²) < 4.78 is 33.5. The first-order valence-corrected chi connectivity index (χ1v) is 16.6. The van der Waals surface area contributed by atoms with Crippen molar-refractivity contribution in [1.29, 1.82) is 0 Å². The number of rotatable bonds is 7. The van der Waals surface area contributed by atoms with Crippen LogP contribution >= 0.6 is 0 Å². The van der Waals surface area contributed by atoms with E-state index in [1.165, 1.54) is 25.2 Å². The SMILES string of the molecule is COC(=O)C1(C)C(=O)C=CC2(C)C1=C(OC(C)=O)C(=O)C1(C)C3=CCC(C4=CC(OC(C)=O)OC4=O)C3(C)C(OC(=O)C(C)C)C(OC(C)=O)C21. The normalized spacial score (nSPS) is 36.6. The molecule has 1 fully saturated rings. The molecule has 0 bridgehead atoms. The molecule has 0 aromatic heterocycles. The first-order chi connectivity index (χ1) is 23.6. The van der Waals surface area contributed by atoms with Gasteiger partial charge in [0.2, 0.25) is 5.78 Å². The topological polar surface area (TPSA) is 192 Å². The number of Topliss-reactive ketones (excluding diaryl/α,β-unsaturated/α-hetero) is 1. The van der Waals surface area contributed by atoms with Gasteiger partial charge in [-0.2, -0.15) is 0 Å². The van der Waals surface area contributed by atoms with E-state index >= 15 is 4.79 Å². The summed E-state index contributed by atoms with van der Waals surface area (Å²) in [6.45, 7) is 12.7. The molecule has 5 aliphatic rings. The van der Waals surface area contributed by atoms with Crippen LogP contribution < -0.4 is 0 Å². The fourth-order valence-electron chi connectivity index (χ4n) is 9.24. The second-order valence-corrected chi connectivity index (χ2v) is 14.7. The largest absolute Gasteiger partial charge is 0.468 e. The number of ketones is 2. The third kappa shape index (κ3) is 5.27. The van der Waals surface area contributed by atoms with Gasteiger partial charge in [-0.3, -0.25) is 33.6 Å². The maximum Gasteiger partial charge on any atom is 0.337 e. The molecule has 0 aromatic rings. The molecule has 274 valence electrons. The number of esters is 6. The molecule has 4 aliphatic carbocycles. The standard InChI is InChI=1S/C37H42O14/c1-16(2)31(43)51-30-26(49-19(5)40)28-34(6)14-13-23(41)37(9,33(45)46-10)27(34)25(48-18(4)39)29(42)36(28,8)22-12-11-21(35(22,30)7)20-15-24(47-17(3)38)50-32(20)44/h12-16,21,24,26,28,30H,11H2,1-10H3. The Kier molecular flexibility index (Phi) is 9.10. The fourth-order valence-corrected chi connectivity index (χ4v) is 9.24. The Morgan fingerprint density at radius 2 is 1.53 bits per heavy atom. The van der Waals surface area contributed by atoms with Crippen molar-refractivity contribution in [1.82, 2.24) is 0 Å². The average molecular weight is 711 g/mol. The Hall–Kier alpha value is -4.88. The summed E-state index contributed by atoms with van der Waals surface area (Å²) >= 11 is 0.